The van der Waals surface area contributed by atoms with E-state index in [0.717, 1.165) is 31.2 Å². The molecule has 7 nitrogen and oxygen atoms in total. The van der Waals surface area contributed by atoms with Gasteiger partial charge in [0.25, 0.3) is 0 Å². The number of terminal acetylenes is 1. The molecule has 2 rings (SSSR count). The van der Waals surface area contributed by atoms with E-state index in [1.807, 2.05) is 18.2 Å². The topological polar surface area (TPSA) is 84.9 Å². The van der Waals surface area contributed by atoms with Gasteiger partial charge in [-0.3, -0.25) is 14.5 Å². The monoisotopic (exact) mass is 624 g/mol. The maximum absolute atomic E-state index is 12.7. The minimum atomic E-state index is -0.598. The second-order valence-electron chi connectivity index (χ2n) is 12.5. The first-order valence-electron chi connectivity index (χ1n) is 17.9. The summed E-state index contributed by atoms with van der Waals surface area (Å²) in [5.41, 5.74) is 2.28. The van der Waals surface area contributed by atoms with Crippen LogP contribution >= 0.6 is 0 Å². The molecule has 0 heterocycles. The number of ether oxygens (including phenoxy) is 2. The van der Waals surface area contributed by atoms with Crippen LogP contribution in [0.15, 0.2) is 24.3 Å². The SMILES string of the molecule is C#CCN(C(=O)OCOC(=O)CCCNC(=O)CCCCCCCCCCCCCCCCCCC)[C@@H]1CCc2ccccc21. The molecule has 1 aromatic carbocycles. The average molecular weight is 625 g/mol. The van der Waals surface area contributed by atoms with Gasteiger partial charge in [0, 0.05) is 19.4 Å². The second-order valence-corrected chi connectivity index (χ2v) is 12.5. The van der Waals surface area contributed by atoms with Crippen LogP contribution in [0.2, 0.25) is 0 Å². The molecule has 45 heavy (non-hydrogen) atoms. The van der Waals surface area contributed by atoms with Crippen molar-refractivity contribution in [2.75, 3.05) is 19.9 Å². The van der Waals surface area contributed by atoms with Crippen molar-refractivity contribution in [1.29, 1.82) is 0 Å². The summed E-state index contributed by atoms with van der Waals surface area (Å²) in [7, 11) is 0. The van der Waals surface area contributed by atoms with Crippen molar-refractivity contribution in [3.63, 3.8) is 0 Å². The molecule has 1 aromatic rings. The molecule has 1 atom stereocenters. The largest absolute Gasteiger partial charge is 0.428 e. The lowest BCUT2D eigenvalue weighted by atomic mass is 10.0. The van der Waals surface area contributed by atoms with E-state index >= 15 is 0 Å². The highest BCUT2D eigenvalue weighted by atomic mass is 16.7. The quantitative estimate of drug-likeness (QED) is 0.0481. The number of hydrogen-bond acceptors (Lipinski definition) is 5. The van der Waals surface area contributed by atoms with Crippen molar-refractivity contribution >= 4 is 18.0 Å². The number of nitrogens with zero attached hydrogens (tertiary/aromatic N) is 1. The van der Waals surface area contributed by atoms with Gasteiger partial charge in [-0.25, -0.2) is 4.79 Å². The molecule has 0 saturated heterocycles. The number of fused-ring (bicyclic) bond motifs is 1. The molecular weight excluding hydrogens is 564 g/mol. The molecule has 0 spiro atoms. The second kappa shape index (κ2) is 25.2. The Hall–Kier alpha value is -3.01. The Morgan fingerprint density at radius 3 is 1.98 bits per heavy atom. The smallest absolute Gasteiger partial charge is 0.413 e. The van der Waals surface area contributed by atoms with Crippen LogP contribution in [-0.4, -0.2) is 42.8 Å². The molecule has 2 amide bonds. The molecule has 0 unspecified atom stereocenters. The summed E-state index contributed by atoms with van der Waals surface area (Å²) in [6.07, 6.45) is 30.1. The maximum Gasteiger partial charge on any atom is 0.413 e. The number of benzene rings is 1. The number of nitrogens with one attached hydrogen (secondary N) is 1. The Bertz CT molecular complexity index is 1000. The lowest BCUT2D eigenvalue weighted by Gasteiger charge is -2.27. The third-order valence-corrected chi connectivity index (χ3v) is 8.76. The summed E-state index contributed by atoms with van der Waals surface area (Å²) < 4.78 is 10.3. The first-order valence-corrected chi connectivity index (χ1v) is 17.9. The Morgan fingerprint density at radius 1 is 0.800 bits per heavy atom. The molecule has 0 saturated carbocycles. The normalized spacial score (nSPS) is 13.6. The summed E-state index contributed by atoms with van der Waals surface area (Å²) >= 11 is 0. The minimum Gasteiger partial charge on any atom is -0.428 e. The van der Waals surface area contributed by atoms with E-state index in [1.165, 1.54) is 107 Å². The van der Waals surface area contributed by atoms with Crippen molar-refractivity contribution in [1.82, 2.24) is 10.2 Å². The number of amides is 2. The van der Waals surface area contributed by atoms with Crippen LogP contribution in [0, 0.1) is 12.3 Å². The fourth-order valence-electron chi connectivity index (χ4n) is 6.12. The Labute approximate surface area is 273 Å². The molecule has 0 aromatic heterocycles. The van der Waals surface area contributed by atoms with E-state index in [0.29, 0.717) is 19.4 Å². The summed E-state index contributed by atoms with van der Waals surface area (Å²) in [5.74, 6) is 2.08. The highest BCUT2D eigenvalue weighted by Crippen LogP contribution is 2.35. The molecule has 1 N–H and O–H groups in total. The number of esters is 1. The molecule has 1 aliphatic carbocycles. The Morgan fingerprint density at radius 2 is 1.38 bits per heavy atom. The fraction of sp³-hybridized carbons (Fsp3) is 0.711. The third kappa shape index (κ3) is 17.3. The standard InChI is InChI=1S/C38H60N2O5/c1-3-5-6-7-8-9-10-11-12-13-14-15-16-17-18-19-20-26-36(41)39-30-23-27-37(42)44-32-45-38(43)40(31-4-2)35-29-28-33-24-21-22-25-34(33)35/h2,21-22,24-25,35H,3,5-20,23,26-32H2,1H3,(H,39,41)/t35-/m1/s1. The van der Waals surface area contributed by atoms with Crippen LogP contribution in [0.3, 0.4) is 0 Å². The summed E-state index contributed by atoms with van der Waals surface area (Å²) in [5, 5.41) is 2.88. The zero-order chi connectivity index (χ0) is 32.4. The number of unbranched alkanes of at least 4 members (excludes halogenated alkanes) is 16. The van der Waals surface area contributed by atoms with Crippen LogP contribution in [0.1, 0.15) is 159 Å². The van der Waals surface area contributed by atoms with Gasteiger partial charge in [-0.05, 0) is 36.8 Å². The van der Waals surface area contributed by atoms with Crippen molar-refractivity contribution in [2.24, 2.45) is 0 Å². The van der Waals surface area contributed by atoms with Gasteiger partial charge in [0.05, 0.1) is 12.6 Å². The molecule has 7 heteroatoms. The lowest BCUT2D eigenvalue weighted by molar-refractivity contribution is -0.152. The van der Waals surface area contributed by atoms with Crippen LogP contribution in [0.25, 0.3) is 0 Å². The van der Waals surface area contributed by atoms with E-state index in [1.54, 1.807) is 0 Å². The van der Waals surface area contributed by atoms with E-state index in [9.17, 15) is 14.4 Å². The lowest BCUT2D eigenvalue weighted by Crippen LogP contribution is -2.35. The van der Waals surface area contributed by atoms with Crippen LogP contribution < -0.4 is 5.32 Å². The summed E-state index contributed by atoms with van der Waals surface area (Å²) in [6.45, 7) is 2.35. The number of aryl methyl sites for hydroxylation is 1. The first-order chi connectivity index (χ1) is 22.1. The minimum absolute atomic E-state index is 0.0281. The molecule has 1 aliphatic rings. The van der Waals surface area contributed by atoms with Gasteiger partial charge in [-0.15, -0.1) is 6.42 Å². The zero-order valence-corrected chi connectivity index (χ0v) is 28.1. The molecular formula is C38H60N2O5. The predicted octanol–water partition coefficient (Wildman–Crippen LogP) is 9.18. The van der Waals surface area contributed by atoms with E-state index in [2.05, 4.69) is 24.2 Å². The fourth-order valence-corrected chi connectivity index (χ4v) is 6.12. The molecule has 0 radical (unpaired) electrons. The van der Waals surface area contributed by atoms with Crippen molar-refractivity contribution < 1.29 is 23.9 Å². The van der Waals surface area contributed by atoms with Crippen molar-refractivity contribution in [3.05, 3.63) is 35.4 Å². The highest BCUT2D eigenvalue weighted by Gasteiger charge is 2.31. The molecule has 252 valence electrons. The van der Waals surface area contributed by atoms with Gasteiger partial charge >= 0.3 is 12.1 Å². The van der Waals surface area contributed by atoms with Gasteiger partial charge in [0.1, 0.15) is 0 Å². The molecule has 0 aliphatic heterocycles. The summed E-state index contributed by atoms with van der Waals surface area (Å²) in [6, 6.07) is 7.85. The predicted molar refractivity (Wildman–Crippen MR) is 182 cm³/mol. The number of carbonyl (C=O) groups excluding carboxylic acids is 3. The zero-order valence-electron chi connectivity index (χ0n) is 28.1. The van der Waals surface area contributed by atoms with Gasteiger partial charge in [0.15, 0.2) is 0 Å². The number of hydrogen-bond donors (Lipinski definition) is 1. The van der Waals surface area contributed by atoms with Gasteiger partial charge in [-0.1, -0.05) is 140 Å². The average Bonchev–Trinajstić information content (AvgIpc) is 3.47. The highest BCUT2D eigenvalue weighted by molar-refractivity contribution is 5.76. The van der Waals surface area contributed by atoms with Crippen LogP contribution in [0.4, 0.5) is 4.79 Å². The third-order valence-electron chi connectivity index (χ3n) is 8.76. The number of rotatable bonds is 26. The van der Waals surface area contributed by atoms with E-state index in [4.69, 9.17) is 15.9 Å². The van der Waals surface area contributed by atoms with Crippen molar-refractivity contribution in [3.8, 4) is 12.3 Å². The molecule has 0 bridgehead atoms. The van der Waals surface area contributed by atoms with E-state index < -0.39 is 18.9 Å². The summed E-state index contributed by atoms with van der Waals surface area (Å²) in [4.78, 5) is 38.3. The molecule has 0 fully saturated rings. The van der Waals surface area contributed by atoms with Crippen molar-refractivity contribution in [2.45, 2.75) is 154 Å². The van der Waals surface area contributed by atoms with Gasteiger partial charge in [-0.2, -0.15) is 0 Å². The first kappa shape index (κ1) is 38.2. The van der Waals surface area contributed by atoms with Gasteiger partial charge < -0.3 is 14.8 Å². The Kier molecular flexibility index (Phi) is 21.4. The van der Waals surface area contributed by atoms with E-state index in [-0.39, 0.29) is 24.9 Å². The maximum atomic E-state index is 12.7. The van der Waals surface area contributed by atoms with Crippen LogP contribution in [-0.2, 0) is 25.5 Å². The van der Waals surface area contributed by atoms with Crippen LogP contribution in [0.5, 0.6) is 0 Å². The number of carbonyl (C=O) groups is 3. The Balaban J connectivity index is 1.38. The van der Waals surface area contributed by atoms with Gasteiger partial charge in [0.2, 0.25) is 12.7 Å².